The summed E-state index contributed by atoms with van der Waals surface area (Å²) in [6, 6.07) is 67.2. The van der Waals surface area contributed by atoms with E-state index in [0.717, 1.165) is 33.9 Å². The van der Waals surface area contributed by atoms with E-state index in [2.05, 4.69) is 187 Å². The molecule has 3 aliphatic rings. The molecule has 0 amide bonds. The Bertz CT molecular complexity index is 2710. The van der Waals surface area contributed by atoms with E-state index in [9.17, 15) is 0 Å². The number of nitrogens with zero attached hydrogens (tertiary/aromatic N) is 1. The largest absolute Gasteiger partial charge is 0.456 e. The van der Waals surface area contributed by atoms with Gasteiger partial charge < -0.3 is 9.64 Å². The number of ether oxygens (including phenoxy) is 1. The maximum absolute atomic E-state index is 6.92. The van der Waals surface area contributed by atoms with E-state index < -0.39 is 5.41 Å². The maximum Gasteiger partial charge on any atom is 0.140 e. The minimum Gasteiger partial charge on any atom is -0.456 e. The predicted octanol–water partition coefficient (Wildman–Crippen LogP) is 14.5. The van der Waals surface area contributed by atoms with Gasteiger partial charge in [-0.2, -0.15) is 0 Å². The molecule has 2 aliphatic carbocycles. The van der Waals surface area contributed by atoms with E-state index >= 15 is 0 Å². The quantitative estimate of drug-likeness (QED) is 0.177. The number of hydrogen-bond acceptors (Lipinski definition) is 2. The Morgan fingerprint density at radius 2 is 1.09 bits per heavy atom. The van der Waals surface area contributed by atoms with Crippen LogP contribution >= 0.6 is 0 Å². The molecule has 11 rings (SSSR count). The van der Waals surface area contributed by atoms with Crippen LogP contribution in [0.15, 0.2) is 182 Å². The normalized spacial score (nSPS) is 16.9. The van der Waals surface area contributed by atoms with Crippen LogP contribution in [0.4, 0.5) is 17.1 Å². The van der Waals surface area contributed by atoms with Crippen molar-refractivity contribution in [1.29, 1.82) is 0 Å². The fourth-order valence-corrected chi connectivity index (χ4v) is 9.97. The SMILES string of the molecule is c1ccc(-c2ccc(N(c3ccc(C4CCCCC4)cc3)c3ccc4c(c3)C3(c5ccccc5Oc5c3ccc3ccccc53)c3ccccc3-4)cc2)cc1. The van der Waals surface area contributed by atoms with Crippen molar-refractivity contribution in [3.8, 4) is 33.8 Å². The average molecular weight is 708 g/mol. The zero-order valence-corrected chi connectivity index (χ0v) is 30.8. The van der Waals surface area contributed by atoms with Crippen molar-refractivity contribution < 1.29 is 4.74 Å². The average Bonchev–Trinajstić information content (AvgIpc) is 3.55. The molecule has 1 saturated carbocycles. The van der Waals surface area contributed by atoms with Gasteiger partial charge in [0.05, 0.1) is 5.41 Å². The maximum atomic E-state index is 6.92. The van der Waals surface area contributed by atoms with Crippen LogP contribution in [-0.2, 0) is 5.41 Å². The van der Waals surface area contributed by atoms with Gasteiger partial charge in [-0.05, 0) is 106 Å². The number of rotatable bonds is 5. The second-order valence-electron chi connectivity index (χ2n) is 15.5. The van der Waals surface area contributed by atoms with Gasteiger partial charge in [-0.25, -0.2) is 0 Å². The Hall–Kier alpha value is -6.38. The fourth-order valence-electron chi connectivity index (χ4n) is 9.97. The summed E-state index contributed by atoms with van der Waals surface area (Å²) in [5.74, 6) is 2.51. The van der Waals surface area contributed by atoms with Crippen molar-refractivity contribution >= 4 is 27.8 Å². The lowest BCUT2D eigenvalue weighted by molar-refractivity contribution is 0.441. The van der Waals surface area contributed by atoms with Gasteiger partial charge in [0.25, 0.3) is 0 Å². The smallest absolute Gasteiger partial charge is 0.140 e. The Kier molecular flexibility index (Phi) is 7.52. The third-order valence-electron chi connectivity index (χ3n) is 12.5. The predicted molar refractivity (Wildman–Crippen MR) is 227 cm³/mol. The topological polar surface area (TPSA) is 12.5 Å². The van der Waals surface area contributed by atoms with Crippen LogP contribution in [0, 0.1) is 0 Å². The molecule has 2 heteroatoms. The number of fused-ring (bicyclic) bond motifs is 11. The highest BCUT2D eigenvalue weighted by Crippen LogP contribution is 2.63. The Morgan fingerprint density at radius 3 is 1.91 bits per heavy atom. The van der Waals surface area contributed by atoms with E-state index in [1.807, 2.05) is 0 Å². The van der Waals surface area contributed by atoms with Gasteiger partial charge in [0, 0.05) is 33.6 Å². The van der Waals surface area contributed by atoms with Crippen LogP contribution in [0.3, 0.4) is 0 Å². The lowest BCUT2D eigenvalue weighted by Gasteiger charge is -2.40. The molecule has 0 N–H and O–H groups in total. The third kappa shape index (κ3) is 5.01. The zero-order valence-electron chi connectivity index (χ0n) is 30.8. The first-order chi connectivity index (χ1) is 27.3. The van der Waals surface area contributed by atoms with Gasteiger partial charge in [-0.15, -0.1) is 0 Å². The van der Waals surface area contributed by atoms with Gasteiger partial charge in [0.1, 0.15) is 11.5 Å². The van der Waals surface area contributed by atoms with Gasteiger partial charge >= 0.3 is 0 Å². The molecule has 0 saturated heterocycles. The highest BCUT2D eigenvalue weighted by Gasteiger charge is 2.51. The molecule has 0 aromatic heterocycles. The number of hydrogen-bond donors (Lipinski definition) is 0. The van der Waals surface area contributed by atoms with E-state index in [0.29, 0.717) is 5.92 Å². The van der Waals surface area contributed by atoms with Gasteiger partial charge in [-0.1, -0.05) is 159 Å². The molecule has 0 radical (unpaired) electrons. The molecule has 1 unspecified atom stereocenters. The molecule has 1 heterocycles. The third-order valence-corrected chi connectivity index (χ3v) is 12.5. The van der Waals surface area contributed by atoms with Crippen LogP contribution < -0.4 is 9.64 Å². The Morgan fingerprint density at radius 1 is 0.455 bits per heavy atom. The minimum atomic E-state index is -0.566. The molecule has 1 fully saturated rings. The Labute approximate surface area is 323 Å². The first-order valence-corrected chi connectivity index (χ1v) is 19.9. The summed E-state index contributed by atoms with van der Waals surface area (Å²) in [4.78, 5) is 2.45. The van der Waals surface area contributed by atoms with Crippen LogP contribution in [-0.4, -0.2) is 0 Å². The summed E-state index contributed by atoms with van der Waals surface area (Å²) >= 11 is 0. The second kappa shape index (κ2) is 12.9. The molecule has 2 nitrogen and oxygen atoms in total. The molecule has 55 heavy (non-hydrogen) atoms. The zero-order chi connectivity index (χ0) is 36.3. The lowest BCUT2D eigenvalue weighted by atomic mass is 9.65. The number of anilines is 3. The van der Waals surface area contributed by atoms with Crippen molar-refractivity contribution in [2.24, 2.45) is 0 Å². The molecular weight excluding hydrogens is 667 g/mol. The van der Waals surface area contributed by atoms with Gasteiger partial charge in [0.2, 0.25) is 0 Å². The first kappa shape index (κ1) is 32.1. The van der Waals surface area contributed by atoms with Crippen molar-refractivity contribution in [2.45, 2.75) is 43.4 Å². The lowest BCUT2D eigenvalue weighted by Crippen LogP contribution is -2.32. The van der Waals surface area contributed by atoms with Crippen molar-refractivity contribution in [1.82, 2.24) is 0 Å². The van der Waals surface area contributed by atoms with E-state index in [1.165, 1.54) is 87.6 Å². The number of para-hydroxylation sites is 1. The molecule has 1 atom stereocenters. The highest BCUT2D eigenvalue weighted by atomic mass is 16.5. The summed E-state index contributed by atoms with van der Waals surface area (Å²) in [6.45, 7) is 0. The molecule has 8 aromatic carbocycles. The van der Waals surface area contributed by atoms with Crippen molar-refractivity contribution in [3.05, 3.63) is 210 Å². The summed E-state index contributed by atoms with van der Waals surface area (Å²) in [7, 11) is 0. The molecule has 1 aliphatic heterocycles. The van der Waals surface area contributed by atoms with Crippen molar-refractivity contribution in [2.75, 3.05) is 4.90 Å². The molecule has 1 spiro atoms. The van der Waals surface area contributed by atoms with E-state index in [-0.39, 0.29) is 0 Å². The summed E-state index contributed by atoms with van der Waals surface area (Å²) in [5.41, 5.74) is 14.2. The first-order valence-electron chi connectivity index (χ1n) is 19.9. The highest BCUT2D eigenvalue weighted by molar-refractivity contribution is 5.96. The summed E-state index contributed by atoms with van der Waals surface area (Å²) in [6.07, 6.45) is 6.61. The van der Waals surface area contributed by atoms with Crippen LogP contribution in [0.2, 0.25) is 0 Å². The van der Waals surface area contributed by atoms with E-state index in [1.54, 1.807) is 0 Å². The summed E-state index contributed by atoms with van der Waals surface area (Å²) < 4.78 is 6.92. The molecule has 264 valence electrons. The molecule has 8 aromatic rings. The van der Waals surface area contributed by atoms with Crippen LogP contribution in [0.1, 0.15) is 65.8 Å². The Balaban J connectivity index is 1.13. The standard InChI is InChI=1S/C53H41NO/c1-3-13-36(14-4-1)38-23-28-41(29-24-38)54(42-30-25-39(26-31-42)37-15-5-2-6-16-37)43-32-33-46-45-19-9-10-20-47(45)53(50(46)35-43)48-21-11-12-22-51(48)55-52-44-18-8-7-17-40(44)27-34-49(52)53/h1,3-4,7-14,17-35,37H,2,5-6,15-16H2. The monoisotopic (exact) mass is 707 g/mol. The molecule has 0 bridgehead atoms. The van der Waals surface area contributed by atoms with Crippen LogP contribution in [0.5, 0.6) is 11.5 Å². The van der Waals surface area contributed by atoms with Gasteiger partial charge in [-0.3, -0.25) is 0 Å². The van der Waals surface area contributed by atoms with Crippen LogP contribution in [0.25, 0.3) is 33.0 Å². The minimum absolute atomic E-state index is 0.566. The van der Waals surface area contributed by atoms with E-state index in [4.69, 9.17) is 4.74 Å². The van der Waals surface area contributed by atoms with Gasteiger partial charge in [0.15, 0.2) is 0 Å². The molecular formula is C53H41NO. The fraction of sp³-hybridized carbons (Fsp3) is 0.132. The summed E-state index contributed by atoms with van der Waals surface area (Å²) in [5, 5.41) is 2.31. The number of benzene rings is 8. The second-order valence-corrected chi connectivity index (χ2v) is 15.5. The van der Waals surface area contributed by atoms with Crippen molar-refractivity contribution in [3.63, 3.8) is 0 Å².